The van der Waals surface area contributed by atoms with Gasteiger partial charge in [-0.15, -0.1) is 11.3 Å². The van der Waals surface area contributed by atoms with Crippen LogP contribution in [-0.2, 0) is 0 Å². The van der Waals surface area contributed by atoms with Crippen molar-refractivity contribution in [1.29, 1.82) is 0 Å². The highest BCUT2D eigenvalue weighted by molar-refractivity contribution is 7.26. The average Bonchev–Trinajstić information content (AvgIpc) is 3.96. The Morgan fingerprint density at radius 3 is 1.68 bits per heavy atom. The lowest BCUT2D eigenvalue weighted by atomic mass is 9.96. The van der Waals surface area contributed by atoms with Crippen molar-refractivity contribution in [2.45, 2.75) is 0 Å². The van der Waals surface area contributed by atoms with E-state index in [1.54, 1.807) is 0 Å². The van der Waals surface area contributed by atoms with E-state index in [1.807, 2.05) is 11.3 Å². The van der Waals surface area contributed by atoms with Gasteiger partial charge in [-0.1, -0.05) is 188 Å². The highest BCUT2D eigenvalue weighted by Crippen LogP contribution is 2.52. The van der Waals surface area contributed by atoms with Gasteiger partial charge in [0.25, 0.3) is 0 Å². The molecule has 0 fully saturated rings. The van der Waals surface area contributed by atoms with Crippen LogP contribution in [0, 0.1) is 0 Å². The molecule has 0 radical (unpaired) electrons. The zero-order valence-corrected chi connectivity index (χ0v) is 36.1. The van der Waals surface area contributed by atoms with Crippen molar-refractivity contribution < 1.29 is 4.42 Å². The lowest BCUT2D eigenvalue weighted by Crippen LogP contribution is -2.11. The van der Waals surface area contributed by atoms with E-state index in [2.05, 4.69) is 241 Å². The summed E-state index contributed by atoms with van der Waals surface area (Å²) in [6.45, 7) is 0. The summed E-state index contributed by atoms with van der Waals surface area (Å²) in [6.07, 6.45) is 0. The van der Waals surface area contributed by atoms with E-state index in [0.29, 0.717) is 0 Å². The SMILES string of the molecule is c1ccc(-c2cc(N(c3ccc(-c4ccc5ccc6ccccc6c5c4)cc3)c3ccc(-c4ccccc4)c4sc5cc(-c6ccccc6)ccc5c34)c3c(c2)oc2ccccc23)cc1. The lowest BCUT2D eigenvalue weighted by molar-refractivity contribution is 0.669. The zero-order chi connectivity index (χ0) is 42.8. The van der Waals surface area contributed by atoms with Crippen molar-refractivity contribution in [1.82, 2.24) is 0 Å². The molecule has 2 aromatic heterocycles. The quantitative estimate of drug-likeness (QED) is 0.149. The maximum Gasteiger partial charge on any atom is 0.138 e. The van der Waals surface area contributed by atoms with Crippen LogP contribution < -0.4 is 4.90 Å². The Morgan fingerprint density at radius 2 is 0.908 bits per heavy atom. The molecular weight excluding hydrogens is 807 g/mol. The monoisotopic (exact) mass is 845 g/mol. The summed E-state index contributed by atoms with van der Waals surface area (Å²) >= 11 is 1.88. The van der Waals surface area contributed by atoms with Crippen molar-refractivity contribution in [3.8, 4) is 44.5 Å². The van der Waals surface area contributed by atoms with E-state index in [-0.39, 0.29) is 0 Å². The Kier molecular flexibility index (Phi) is 8.75. The van der Waals surface area contributed by atoms with Gasteiger partial charge >= 0.3 is 0 Å². The third-order valence-electron chi connectivity index (χ3n) is 13.0. The predicted molar refractivity (Wildman–Crippen MR) is 278 cm³/mol. The summed E-state index contributed by atoms with van der Waals surface area (Å²) < 4.78 is 9.28. The van der Waals surface area contributed by atoms with E-state index < -0.39 is 0 Å². The summed E-state index contributed by atoms with van der Waals surface area (Å²) in [6, 6.07) is 86.0. The number of fused-ring (bicyclic) bond motifs is 9. The minimum absolute atomic E-state index is 0.854. The molecule has 0 N–H and O–H groups in total. The largest absolute Gasteiger partial charge is 0.456 e. The maximum atomic E-state index is 6.77. The maximum absolute atomic E-state index is 6.77. The van der Waals surface area contributed by atoms with Crippen LogP contribution in [0.3, 0.4) is 0 Å². The fourth-order valence-corrected chi connectivity index (χ4v) is 11.2. The summed E-state index contributed by atoms with van der Waals surface area (Å²) in [5.41, 5.74) is 14.4. The average molecular weight is 846 g/mol. The molecule has 2 heterocycles. The van der Waals surface area contributed by atoms with Gasteiger partial charge in [0, 0.05) is 31.2 Å². The topological polar surface area (TPSA) is 16.4 Å². The molecule has 2 nitrogen and oxygen atoms in total. The number of para-hydroxylation sites is 1. The summed E-state index contributed by atoms with van der Waals surface area (Å²) in [5, 5.41) is 9.65. The van der Waals surface area contributed by atoms with E-state index in [4.69, 9.17) is 4.42 Å². The first-order chi connectivity index (χ1) is 32.2. The van der Waals surface area contributed by atoms with Gasteiger partial charge in [-0.2, -0.15) is 0 Å². The van der Waals surface area contributed by atoms with E-state index in [9.17, 15) is 0 Å². The van der Waals surface area contributed by atoms with Gasteiger partial charge in [0.2, 0.25) is 0 Å². The molecule has 0 saturated heterocycles. The minimum atomic E-state index is 0.854. The Bertz CT molecular complexity index is 3920. The van der Waals surface area contributed by atoms with Gasteiger partial charge in [-0.3, -0.25) is 0 Å². The van der Waals surface area contributed by atoms with Gasteiger partial charge in [0.1, 0.15) is 11.2 Å². The Hall–Kier alpha value is -8.24. The molecule has 0 aliphatic rings. The second-order valence-electron chi connectivity index (χ2n) is 16.8. The Labute approximate surface area is 380 Å². The lowest BCUT2D eigenvalue weighted by Gasteiger charge is -2.28. The van der Waals surface area contributed by atoms with Crippen molar-refractivity contribution in [3.05, 3.63) is 237 Å². The van der Waals surface area contributed by atoms with Gasteiger partial charge in [0.05, 0.1) is 16.8 Å². The molecule has 0 aliphatic carbocycles. The number of benzene rings is 11. The minimum Gasteiger partial charge on any atom is -0.456 e. The second kappa shape index (κ2) is 15.2. The molecule has 65 heavy (non-hydrogen) atoms. The van der Waals surface area contributed by atoms with Gasteiger partial charge in [-0.05, 0) is 115 Å². The fraction of sp³-hybridized carbons (Fsp3) is 0. The third kappa shape index (κ3) is 6.31. The van der Waals surface area contributed by atoms with Crippen molar-refractivity contribution in [2.75, 3.05) is 4.90 Å². The first kappa shape index (κ1) is 37.3. The van der Waals surface area contributed by atoms with E-state index in [0.717, 1.165) is 50.1 Å². The number of nitrogens with zero attached hydrogens (tertiary/aromatic N) is 1. The molecule has 13 rings (SSSR count). The number of anilines is 3. The van der Waals surface area contributed by atoms with Crippen molar-refractivity contribution >= 4 is 92.1 Å². The smallest absolute Gasteiger partial charge is 0.138 e. The van der Waals surface area contributed by atoms with Crippen molar-refractivity contribution in [3.63, 3.8) is 0 Å². The highest BCUT2D eigenvalue weighted by atomic mass is 32.1. The van der Waals surface area contributed by atoms with Crippen LogP contribution in [-0.4, -0.2) is 0 Å². The van der Waals surface area contributed by atoms with E-state index >= 15 is 0 Å². The molecule has 304 valence electrons. The van der Waals surface area contributed by atoms with Gasteiger partial charge < -0.3 is 9.32 Å². The first-order valence-corrected chi connectivity index (χ1v) is 23.0. The molecule has 0 aliphatic heterocycles. The van der Waals surface area contributed by atoms with Crippen LogP contribution in [0.1, 0.15) is 0 Å². The van der Waals surface area contributed by atoms with Crippen LogP contribution in [0.2, 0.25) is 0 Å². The van der Waals surface area contributed by atoms with Gasteiger partial charge in [-0.25, -0.2) is 0 Å². The standard InChI is InChI=1S/C62H39NOS/c1-4-14-40(15-5-1)47-30-33-53-59(39-47)65-62-51(43-18-8-3-9-19-43)34-35-55(61(53)62)63(56-37-48(41-16-6-2-7-17-41)38-58-60(56)52-22-12-13-23-57(52)64-58)49-31-28-42(29-32-49)46-27-26-45-25-24-44-20-10-11-21-50(44)54(45)36-46/h1-39H. The molecule has 11 aromatic carbocycles. The number of furan rings is 1. The van der Waals surface area contributed by atoms with E-state index in [1.165, 1.54) is 75.1 Å². The molecule has 0 unspecified atom stereocenters. The molecule has 0 amide bonds. The van der Waals surface area contributed by atoms with Crippen molar-refractivity contribution in [2.24, 2.45) is 0 Å². The Morgan fingerprint density at radius 1 is 0.323 bits per heavy atom. The first-order valence-electron chi connectivity index (χ1n) is 22.1. The summed E-state index contributed by atoms with van der Waals surface area (Å²) in [7, 11) is 0. The number of thiophene rings is 1. The highest BCUT2D eigenvalue weighted by Gasteiger charge is 2.25. The molecule has 3 heteroatoms. The van der Waals surface area contributed by atoms with Crippen LogP contribution in [0.4, 0.5) is 17.1 Å². The molecule has 0 atom stereocenters. The fourth-order valence-electron chi connectivity index (χ4n) is 9.90. The third-order valence-corrected chi connectivity index (χ3v) is 14.2. The van der Waals surface area contributed by atoms with Crippen LogP contribution in [0.5, 0.6) is 0 Å². The molecule has 0 saturated carbocycles. The van der Waals surface area contributed by atoms with Crippen LogP contribution in [0.25, 0.3) is 108 Å². The normalized spacial score (nSPS) is 11.7. The predicted octanol–water partition coefficient (Wildman–Crippen LogP) is 18.4. The molecular formula is C62H39NOS. The summed E-state index contributed by atoms with van der Waals surface area (Å²) in [5.74, 6) is 0. The van der Waals surface area contributed by atoms with Crippen LogP contribution >= 0.6 is 11.3 Å². The number of rotatable bonds is 7. The van der Waals surface area contributed by atoms with Gasteiger partial charge in [0.15, 0.2) is 0 Å². The van der Waals surface area contributed by atoms with Crippen LogP contribution in [0.15, 0.2) is 241 Å². The molecule has 13 aromatic rings. The second-order valence-corrected chi connectivity index (χ2v) is 17.9. The molecule has 0 spiro atoms. The number of hydrogen-bond donors (Lipinski definition) is 0. The molecule has 0 bridgehead atoms. The number of hydrogen-bond acceptors (Lipinski definition) is 3. The Balaban J connectivity index is 1.09. The zero-order valence-electron chi connectivity index (χ0n) is 35.3. The summed E-state index contributed by atoms with van der Waals surface area (Å²) in [4.78, 5) is 2.49.